The summed E-state index contributed by atoms with van der Waals surface area (Å²) in [6, 6.07) is 12.1. The highest BCUT2D eigenvalue weighted by Gasteiger charge is 2.58. The maximum absolute atomic E-state index is 12.9. The summed E-state index contributed by atoms with van der Waals surface area (Å²) in [5.41, 5.74) is 1.47. The molecule has 74 heavy (non-hydrogen) atoms. The molecule has 20 heteroatoms. The van der Waals surface area contributed by atoms with Gasteiger partial charge in [0.1, 0.15) is 11.6 Å². The summed E-state index contributed by atoms with van der Waals surface area (Å²) in [7, 11) is 4.10. The first-order valence-electron chi connectivity index (χ1n) is 26.7. The fraction of sp³-hybridized carbons (Fsp3) is 0.667. The molecule has 2 aromatic heterocycles. The smallest absolute Gasteiger partial charge is 0.354 e. The average Bonchev–Trinajstić information content (AvgIpc) is 3.90. The van der Waals surface area contributed by atoms with Crippen LogP contribution in [0, 0.1) is 10.8 Å². The van der Waals surface area contributed by atoms with Crippen molar-refractivity contribution in [2.24, 2.45) is 24.9 Å². The van der Waals surface area contributed by atoms with E-state index in [2.05, 4.69) is 64.1 Å². The van der Waals surface area contributed by atoms with E-state index in [4.69, 9.17) is 0 Å². The summed E-state index contributed by atoms with van der Waals surface area (Å²) in [6.07, 6.45) is 6.01. The molecule has 12 nitrogen and oxygen atoms in total. The van der Waals surface area contributed by atoms with Gasteiger partial charge in [0.15, 0.2) is 10.3 Å². The second-order valence-electron chi connectivity index (χ2n) is 22.2. The van der Waals surface area contributed by atoms with Crippen molar-refractivity contribution in [2.45, 2.75) is 162 Å². The van der Waals surface area contributed by atoms with E-state index >= 15 is 0 Å². The van der Waals surface area contributed by atoms with Crippen LogP contribution in [0.3, 0.4) is 0 Å². The molecular formula is C54H72F6N10O2S2. The molecule has 0 radical (unpaired) electrons. The van der Waals surface area contributed by atoms with E-state index in [1.807, 2.05) is 0 Å². The number of nitrogens with one attached hydrogen (secondary N) is 2. The Labute approximate surface area is 439 Å². The molecule has 404 valence electrons. The molecule has 4 aromatic rings. The molecule has 6 aliphatic rings. The maximum atomic E-state index is 12.9. The quantitative estimate of drug-likeness (QED) is 0.0636. The van der Waals surface area contributed by atoms with E-state index in [1.165, 1.54) is 24.3 Å². The van der Waals surface area contributed by atoms with E-state index in [-0.39, 0.29) is 34.7 Å². The van der Waals surface area contributed by atoms with Crippen molar-refractivity contribution in [1.29, 1.82) is 0 Å². The number of alkyl halides is 6. The normalized spacial score (nSPS) is 28.1. The first-order chi connectivity index (χ1) is 35.3. The first kappa shape index (κ1) is 54.6. The van der Waals surface area contributed by atoms with E-state index in [0.717, 1.165) is 174 Å². The minimum Gasteiger partial charge on any atom is -0.354 e. The van der Waals surface area contributed by atoms with Crippen LogP contribution in [0.15, 0.2) is 58.8 Å². The topological polar surface area (TPSA) is 126 Å². The van der Waals surface area contributed by atoms with Gasteiger partial charge in [0.05, 0.1) is 11.1 Å². The van der Waals surface area contributed by atoms with E-state index in [1.54, 1.807) is 61.6 Å². The number of amides is 2. The molecule has 10 rings (SSSR count). The highest BCUT2D eigenvalue weighted by atomic mass is 32.2. The Morgan fingerprint density at radius 3 is 1.28 bits per heavy atom. The van der Waals surface area contributed by atoms with Crippen LogP contribution in [0.1, 0.15) is 161 Å². The summed E-state index contributed by atoms with van der Waals surface area (Å²) >= 11 is 3.51. The summed E-state index contributed by atoms with van der Waals surface area (Å²) in [5.74, 6) is 5.71. The Kier molecular flexibility index (Phi) is 16.9. The summed E-state index contributed by atoms with van der Waals surface area (Å²) in [6.45, 7) is 9.43. The Bertz CT molecular complexity index is 2370. The largest absolute Gasteiger partial charge is 0.416 e. The Balaban J connectivity index is 0.000000182. The summed E-state index contributed by atoms with van der Waals surface area (Å²) in [4.78, 5) is 27.6. The summed E-state index contributed by atoms with van der Waals surface area (Å²) in [5, 5.41) is 25.9. The average molecular weight is 1070 g/mol. The van der Waals surface area contributed by atoms with E-state index in [9.17, 15) is 35.9 Å². The van der Waals surface area contributed by atoms with Crippen molar-refractivity contribution in [2.75, 3.05) is 50.8 Å². The van der Waals surface area contributed by atoms with Gasteiger partial charge in [-0.3, -0.25) is 9.59 Å². The van der Waals surface area contributed by atoms with Gasteiger partial charge in [-0.25, -0.2) is 0 Å². The van der Waals surface area contributed by atoms with Crippen molar-refractivity contribution in [3.8, 4) is 0 Å². The second-order valence-corrected chi connectivity index (χ2v) is 24.4. The molecule has 6 fully saturated rings. The number of likely N-dealkylation sites (tertiary alicyclic amines) is 2. The van der Waals surface area contributed by atoms with E-state index < -0.39 is 23.5 Å². The van der Waals surface area contributed by atoms with Gasteiger partial charge in [-0.2, -0.15) is 26.3 Å². The van der Waals surface area contributed by atoms with Crippen LogP contribution in [0.2, 0.25) is 0 Å². The fourth-order valence-electron chi connectivity index (χ4n) is 12.8. The van der Waals surface area contributed by atoms with Crippen molar-refractivity contribution in [3.05, 3.63) is 82.4 Å². The number of benzene rings is 2. The third kappa shape index (κ3) is 13.2. The number of rotatable bonds is 16. The number of halogens is 6. The lowest BCUT2D eigenvalue weighted by Gasteiger charge is -2.28. The molecule has 4 aliphatic carbocycles. The number of carbonyl (C=O) groups excluding carboxylic acids is 2. The third-order valence-corrected chi connectivity index (χ3v) is 19.2. The number of carbonyl (C=O) groups is 2. The molecule has 4 heterocycles. The van der Waals surface area contributed by atoms with Crippen molar-refractivity contribution < 1.29 is 35.9 Å². The van der Waals surface area contributed by atoms with Crippen molar-refractivity contribution >= 4 is 35.3 Å². The van der Waals surface area contributed by atoms with Crippen LogP contribution in [-0.2, 0) is 36.0 Å². The van der Waals surface area contributed by atoms with Crippen LogP contribution in [-0.4, -0.2) is 114 Å². The van der Waals surface area contributed by atoms with Crippen molar-refractivity contribution in [3.63, 3.8) is 0 Å². The van der Waals surface area contributed by atoms with Gasteiger partial charge >= 0.3 is 12.4 Å². The lowest BCUT2D eigenvalue weighted by molar-refractivity contribution is -0.138. The van der Waals surface area contributed by atoms with Crippen LogP contribution in [0.5, 0.6) is 0 Å². The minimum absolute atomic E-state index is 0.0426. The van der Waals surface area contributed by atoms with Crippen LogP contribution in [0.4, 0.5) is 26.3 Å². The fourth-order valence-corrected chi connectivity index (χ4v) is 14.5. The van der Waals surface area contributed by atoms with Crippen LogP contribution >= 0.6 is 23.5 Å². The first-order valence-corrected chi connectivity index (χ1v) is 28.6. The van der Waals surface area contributed by atoms with Crippen LogP contribution < -0.4 is 10.6 Å². The molecular weight excluding hydrogens is 999 g/mol. The molecule has 2 saturated heterocycles. The molecule has 2 aliphatic heterocycles. The van der Waals surface area contributed by atoms with Crippen molar-refractivity contribution in [1.82, 2.24) is 50.0 Å². The van der Waals surface area contributed by atoms with Gasteiger partial charge < -0.3 is 29.6 Å². The monoisotopic (exact) mass is 1070 g/mol. The highest BCUT2D eigenvalue weighted by Crippen LogP contribution is 2.65. The Morgan fingerprint density at radius 2 is 0.946 bits per heavy atom. The number of aromatic nitrogens is 6. The van der Waals surface area contributed by atoms with Gasteiger partial charge in [-0.05, 0) is 174 Å². The predicted molar refractivity (Wildman–Crippen MR) is 275 cm³/mol. The number of hydrogen-bond acceptors (Lipinski definition) is 10. The third-order valence-electron chi connectivity index (χ3n) is 17.0. The zero-order chi connectivity index (χ0) is 52.4. The molecule has 2 spiro atoms. The zero-order valence-corrected chi connectivity index (χ0v) is 44.8. The Hall–Kier alpha value is -4.14. The molecule has 4 saturated carbocycles. The van der Waals surface area contributed by atoms with Gasteiger partial charge in [0.2, 0.25) is 11.8 Å². The Morgan fingerprint density at radius 1 is 0.581 bits per heavy atom. The standard InChI is InChI=1S/2C27H36F3N5OS/c2*1-18(36)31-22-10-6-20(7-11-22)24-32-33-25(34(24)2)37-15-3-13-35-14-12-26(17-35)16-23(26)19-4-8-21(9-5-19)27(28,29)30/h2*4-5,8-9,20,22-23H,3,6-7,10-17H2,1-2H3,(H,31,36)/t2*20?,22?,23-,26+/m11/s1. The van der Waals surface area contributed by atoms with Gasteiger partial charge in [-0.1, -0.05) is 47.8 Å². The van der Waals surface area contributed by atoms with Crippen LogP contribution in [0.25, 0.3) is 0 Å². The molecule has 2 amide bonds. The molecule has 4 atom stereocenters. The number of nitrogens with zero attached hydrogens (tertiary/aromatic N) is 8. The van der Waals surface area contributed by atoms with Gasteiger partial charge in [-0.15, -0.1) is 20.4 Å². The second kappa shape index (κ2) is 22.8. The highest BCUT2D eigenvalue weighted by molar-refractivity contribution is 7.99. The zero-order valence-electron chi connectivity index (χ0n) is 43.1. The van der Waals surface area contributed by atoms with Gasteiger partial charge in [0, 0.05) is 76.5 Å². The molecule has 0 bridgehead atoms. The minimum atomic E-state index is -4.28. The van der Waals surface area contributed by atoms with E-state index in [0.29, 0.717) is 23.7 Å². The molecule has 0 unspecified atom stereocenters. The number of thioether (sulfide) groups is 2. The lowest BCUT2D eigenvalue weighted by Crippen LogP contribution is -2.36. The maximum Gasteiger partial charge on any atom is 0.416 e. The summed E-state index contributed by atoms with van der Waals surface area (Å²) < 4.78 is 81.5. The molecule has 2 N–H and O–H groups in total. The number of hydrogen-bond donors (Lipinski definition) is 2. The van der Waals surface area contributed by atoms with Gasteiger partial charge in [0.25, 0.3) is 0 Å². The lowest BCUT2D eigenvalue weighted by atomic mass is 9.85. The predicted octanol–water partition coefficient (Wildman–Crippen LogP) is 10.7. The SMILES string of the molecule is CC(=O)NC1CCC(c2nnc(SCCCN3CC[C@]4(C[C@@H]4c4ccc(C(F)(F)F)cc4)C3)n2C)CC1.CC(=O)NC1CCC(c2nnc(SCCCN3CC[C@]4(C[C@@H]4c4ccc(C(F)(F)F)cc4)C3)n2C)CC1. The molecule has 2 aromatic carbocycles.